The lowest BCUT2D eigenvalue weighted by Gasteiger charge is -2.09. The summed E-state index contributed by atoms with van der Waals surface area (Å²) in [7, 11) is 3.11. The van der Waals surface area contributed by atoms with Gasteiger partial charge >= 0.3 is 0 Å². The molecule has 3 N–H and O–H groups in total. The first-order chi connectivity index (χ1) is 12.5. The summed E-state index contributed by atoms with van der Waals surface area (Å²) >= 11 is 5.12. The minimum atomic E-state index is -0.365. The van der Waals surface area contributed by atoms with Gasteiger partial charge in [-0.2, -0.15) is 0 Å². The molecule has 0 spiro atoms. The molecule has 0 heterocycles. The Hall–Kier alpha value is -2.90. The van der Waals surface area contributed by atoms with Crippen LogP contribution in [0.1, 0.15) is 11.1 Å². The highest BCUT2D eigenvalue weighted by atomic mass is 32.1. The van der Waals surface area contributed by atoms with Crippen LogP contribution in [-0.2, 0) is 11.4 Å². The van der Waals surface area contributed by atoms with Crippen LogP contribution in [0.4, 0.5) is 5.69 Å². The van der Waals surface area contributed by atoms with Gasteiger partial charge in [0.15, 0.2) is 16.6 Å². The zero-order valence-corrected chi connectivity index (χ0v) is 15.3. The van der Waals surface area contributed by atoms with E-state index in [1.807, 2.05) is 6.07 Å². The summed E-state index contributed by atoms with van der Waals surface area (Å²) in [5.41, 5.74) is 2.22. The van der Waals surface area contributed by atoms with Crippen LogP contribution in [0, 0.1) is 0 Å². The molecule has 0 unspecified atom stereocenters. The van der Waals surface area contributed by atoms with Crippen LogP contribution in [-0.4, -0.2) is 30.3 Å². The number of ether oxygens (including phenoxy) is 2. The first kappa shape index (κ1) is 19.4. The number of aliphatic hydroxyl groups is 1. The molecule has 2 aromatic rings. The molecule has 0 aliphatic heterocycles. The number of hydrogen-bond acceptors (Lipinski definition) is 5. The number of amides is 1. The van der Waals surface area contributed by atoms with Gasteiger partial charge in [-0.05, 0) is 53.7 Å². The minimum Gasteiger partial charge on any atom is -0.493 e. The standard InChI is InChI=1S/C19H20N2O4S/c1-24-16-8-6-13(11-17(16)25-2)7-9-18(23)21-19(26)20-15-5-3-4-14(10-15)12-22/h3-11,22H,12H2,1-2H3,(H2,20,21,23,26)/b9-7+. The zero-order valence-electron chi connectivity index (χ0n) is 14.5. The molecular weight excluding hydrogens is 352 g/mol. The minimum absolute atomic E-state index is 0.0668. The third kappa shape index (κ3) is 5.58. The molecule has 6 nitrogen and oxygen atoms in total. The Morgan fingerprint density at radius 2 is 1.92 bits per heavy atom. The molecule has 2 rings (SSSR count). The number of hydrogen-bond donors (Lipinski definition) is 3. The van der Waals surface area contributed by atoms with Gasteiger partial charge in [-0.15, -0.1) is 0 Å². The van der Waals surface area contributed by atoms with Crippen LogP contribution < -0.4 is 20.1 Å². The number of thiocarbonyl (C=S) groups is 1. The molecule has 0 saturated carbocycles. The van der Waals surface area contributed by atoms with Gasteiger partial charge in [0.25, 0.3) is 0 Å². The number of benzene rings is 2. The van der Waals surface area contributed by atoms with Gasteiger partial charge in [0.05, 0.1) is 20.8 Å². The van der Waals surface area contributed by atoms with Crippen molar-refractivity contribution in [2.24, 2.45) is 0 Å². The second-order valence-corrected chi connectivity index (χ2v) is 5.66. The molecule has 7 heteroatoms. The number of aliphatic hydroxyl groups excluding tert-OH is 1. The van der Waals surface area contributed by atoms with Crippen LogP contribution in [0.5, 0.6) is 11.5 Å². The average Bonchev–Trinajstić information content (AvgIpc) is 2.66. The Balaban J connectivity index is 1.95. The van der Waals surface area contributed by atoms with Crippen molar-refractivity contribution in [1.29, 1.82) is 0 Å². The monoisotopic (exact) mass is 372 g/mol. The molecule has 0 radical (unpaired) electrons. The van der Waals surface area contributed by atoms with Gasteiger partial charge in [0.2, 0.25) is 5.91 Å². The fraction of sp³-hybridized carbons (Fsp3) is 0.158. The summed E-state index contributed by atoms with van der Waals surface area (Å²) in [6.07, 6.45) is 3.02. The Bertz CT molecular complexity index is 821. The van der Waals surface area contributed by atoms with Crippen molar-refractivity contribution < 1.29 is 19.4 Å². The van der Waals surface area contributed by atoms with Crippen LogP contribution >= 0.6 is 12.2 Å². The lowest BCUT2D eigenvalue weighted by atomic mass is 10.2. The Morgan fingerprint density at radius 1 is 1.15 bits per heavy atom. The summed E-state index contributed by atoms with van der Waals surface area (Å²) in [5.74, 6) is 0.830. The highest BCUT2D eigenvalue weighted by Gasteiger charge is 2.05. The quantitative estimate of drug-likeness (QED) is 0.534. The van der Waals surface area contributed by atoms with Crippen molar-refractivity contribution in [1.82, 2.24) is 5.32 Å². The zero-order chi connectivity index (χ0) is 18.9. The van der Waals surface area contributed by atoms with Crippen LogP contribution in [0.15, 0.2) is 48.5 Å². The number of carbonyl (C=O) groups excluding carboxylic acids is 1. The largest absolute Gasteiger partial charge is 0.493 e. The molecule has 0 aromatic heterocycles. The van der Waals surface area contributed by atoms with Gasteiger partial charge in [-0.1, -0.05) is 18.2 Å². The Morgan fingerprint density at radius 3 is 2.62 bits per heavy atom. The molecule has 0 aliphatic rings. The molecule has 0 fully saturated rings. The van der Waals surface area contributed by atoms with E-state index in [0.717, 1.165) is 11.1 Å². The smallest absolute Gasteiger partial charge is 0.250 e. The van der Waals surface area contributed by atoms with E-state index in [2.05, 4.69) is 10.6 Å². The van der Waals surface area contributed by atoms with E-state index >= 15 is 0 Å². The maximum Gasteiger partial charge on any atom is 0.250 e. The molecule has 1 amide bonds. The summed E-state index contributed by atoms with van der Waals surface area (Å²) in [5, 5.41) is 14.8. The first-order valence-electron chi connectivity index (χ1n) is 7.77. The number of rotatable bonds is 6. The van der Waals surface area contributed by atoms with E-state index < -0.39 is 0 Å². The van der Waals surface area contributed by atoms with Gasteiger partial charge < -0.3 is 19.9 Å². The van der Waals surface area contributed by atoms with Crippen molar-refractivity contribution in [3.8, 4) is 11.5 Å². The van der Waals surface area contributed by atoms with Crippen molar-refractivity contribution >= 4 is 35.0 Å². The molecule has 26 heavy (non-hydrogen) atoms. The number of nitrogens with one attached hydrogen (secondary N) is 2. The third-order valence-electron chi connectivity index (χ3n) is 3.44. The van der Waals surface area contributed by atoms with Gasteiger partial charge in [-0.25, -0.2) is 0 Å². The Labute approximate surface area is 157 Å². The molecule has 2 aromatic carbocycles. The van der Waals surface area contributed by atoms with Gasteiger partial charge in [0.1, 0.15) is 0 Å². The predicted molar refractivity (Wildman–Crippen MR) is 105 cm³/mol. The van der Waals surface area contributed by atoms with Crippen molar-refractivity contribution in [2.75, 3.05) is 19.5 Å². The van der Waals surface area contributed by atoms with E-state index in [1.54, 1.807) is 56.7 Å². The SMILES string of the molecule is COc1ccc(/C=C/C(=O)NC(=S)Nc2cccc(CO)c2)cc1OC. The fourth-order valence-electron chi connectivity index (χ4n) is 2.19. The lowest BCUT2D eigenvalue weighted by molar-refractivity contribution is -0.115. The maximum atomic E-state index is 12.0. The number of carbonyl (C=O) groups is 1. The van der Waals surface area contributed by atoms with Crippen LogP contribution in [0.3, 0.4) is 0 Å². The fourth-order valence-corrected chi connectivity index (χ4v) is 2.41. The van der Waals surface area contributed by atoms with Gasteiger partial charge in [-0.3, -0.25) is 10.1 Å². The maximum absolute atomic E-state index is 12.0. The summed E-state index contributed by atoms with van der Waals surface area (Å²) in [6.45, 7) is -0.0668. The lowest BCUT2D eigenvalue weighted by Crippen LogP contribution is -2.32. The van der Waals surface area contributed by atoms with E-state index in [1.165, 1.54) is 6.08 Å². The van der Waals surface area contributed by atoms with E-state index in [9.17, 15) is 4.79 Å². The molecule has 0 aliphatic carbocycles. The third-order valence-corrected chi connectivity index (χ3v) is 3.64. The second-order valence-electron chi connectivity index (χ2n) is 5.25. The normalized spacial score (nSPS) is 10.4. The molecular formula is C19H20N2O4S. The van der Waals surface area contributed by atoms with Crippen molar-refractivity contribution in [3.05, 3.63) is 59.7 Å². The number of anilines is 1. The van der Waals surface area contributed by atoms with Crippen molar-refractivity contribution in [3.63, 3.8) is 0 Å². The molecule has 136 valence electrons. The van der Waals surface area contributed by atoms with Crippen LogP contribution in [0.25, 0.3) is 6.08 Å². The topological polar surface area (TPSA) is 79.8 Å². The van der Waals surface area contributed by atoms with E-state index in [-0.39, 0.29) is 17.6 Å². The number of methoxy groups -OCH3 is 2. The molecule has 0 bridgehead atoms. The van der Waals surface area contributed by atoms with Gasteiger partial charge in [0, 0.05) is 11.8 Å². The predicted octanol–water partition coefficient (Wildman–Crippen LogP) is 2.72. The highest BCUT2D eigenvalue weighted by Crippen LogP contribution is 2.27. The molecule has 0 atom stereocenters. The first-order valence-corrected chi connectivity index (χ1v) is 8.18. The molecule has 0 saturated heterocycles. The van der Waals surface area contributed by atoms with E-state index in [4.69, 9.17) is 26.8 Å². The van der Waals surface area contributed by atoms with E-state index in [0.29, 0.717) is 17.2 Å². The summed E-state index contributed by atoms with van der Waals surface area (Å²) < 4.78 is 10.4. The summed E-state index contributed by atoms with van der Waals surface area (Å²) in [6, 6.07) is 12.4. The van der Waals surface area contributed by atoms with Crippen LogP contribution in [0.2, 0.25) is 0 Å². The second kappa shape index (κ2) is 9.55. The Kier molecular flexibility index (Phi) is 7.13. The highest BCUT2D eigenvalue weighted by molar-refractivity contribution is 7.80. The van der Waals surface area contributed by atoms with Crippen molar-refractivity contribution in [2.45, 2.75) is 6.61 Å². The average molecular weight is 372 g/mol. The summed E-state index contributed by atoms with van der Waals surface area (Å²) in [4.78, 5) is 12.0.